The highest BCUT2D eigenvalue weighted by Gasteiger charge is 2.18. The van der Waals surface area contributed by atoms with Gasteiger partial charge in [-0.1, -0.05) is 17.7 Å². The molecule has 0 fully saturated rings. The SMILES string of the molecule is CNCc1ccc(S(=O)(=O)Nc2cccc(Cl)c2Br)s1. The van der Waals surface area contributed by atoms with Crippen molar-refractivity contribution in [2.24, 2.45) is 0 Å². The third-order valence-electron chi connectivity index (χ3n) is 2.45. The fourth-order valence-corrected chi connectivity index (χ4v) is 4.66. The maximum absolute atomic E-state index is 12.3. The van der Waals surface area contributed by atoms with Crippen LogP contribution in [0, 0.1) is 0 Å². The zero-order chi connectivity index (χ0) is 14.8. The van der Waals surface area contributed by atoms with Crippen LogP contribution in [0.25, 0.3) is 0 Å². The van der Waals surface area contributed by atoms with E-state index in [2.05, 4.69) is 26.0 Å². The largest absolute Gasteiger partial charge is 0.315 e. The summed E-state index contributed by atoms with van der Waals surface area (Å²) in [4.78, 5) is 0.957. The molecule has 20 heavy (non-hydrogen) atoms. The van der Waals surface area contributed by atoms with Crippen molar-refractivity contribution in [3.8, 4) is 0 Å². The average molecular weight is 396 g/mol. The van der Waals surface area contributed by atoms with Gasteiger partial charge in [0.25, 0.3) is 10.0 Å². The van der Waals surface area contributed by atoms with Gasteiger partial charge in [-0.3, -0.25) is 4.72 Å². The van der Waals surface area contributed by atoms with Gasteiger partial charge in [0.2, 0.25) is 0 Å². The quantitative estimate of drug-likeness (QED) is 0.812. The molecule has 1 aromatic carbocycles. The number of sulfonamides is 1. The summed E-state index contributed by atoms with van der Waals surface area (Å²) in [5.41, 5.74) is 0.418. The molecule has 2 N–H and O–H groups in total. The lowest BCUT2D eigenvalue weighted by Gasteiger charge is -2.09. The Labute approximate surface area is 135 Å². The Morgan fingerprint density at radius 1 is 1.30 bits per heavy atom. The molecule has 108 valence electrons. The minimum atomic E-state index is -3.60. The molecule has 0 aliphatic carbocycles. The van der Waals surface area contributed by atoms with E-state index in [1.165, 1.54) is 11.3 Å². The Morgan fingerprint density at radius 3 is 2.75 bits per heavy atom. The fraction of sp³-hybridized carbons (Fsp3) is 0.167. The van der Waals surface area contributed by atoms with E-state index in [9.17, 15) is 8.42 Å². The number of rotatable bonds is 5. The number of halogens is 2. The molecular weight excluding hydrogens is 384 g/mol. The van der Waals surface area contributed by atoms with Crippen molar-refractivity contribution in [2.75, 3.05) is 11.8 Å². The Bertz CT molecular complexity index is 716. The lowest BCUT2D eigenvalue weighted by atomic mass is 10.3. The highest BCUT2D eigenvalue weighted by atomic mass is 79.9. The Hall–Kier alpha value is -0.600. The van der Waals surface area contributed by atoms with Crippen LogP contribution in [-0.4, -0.2) is 15.5 Å². The summed E-state index contributed by atoms with van der Waals surface area (Å²) in [5.74, 6) is 0. The van der Waals surface area contributed by atoms with E-state index >= 15 is 0 Å². The van der Waals surface area contributed by atoms with Gasteiger partial charge in [0, 0.05) is 11.4 Å². The zero-order valence-corrected chi connectivity index (χ0v) is 14.5. The fourth-order valence-electron chi connectivity index (χ4n) is 1.55. The topological polar surface area (TPSA) is 58.2 Å². The van der Waals surface area contributed by atoms with Crippen LogP contribution in [0.2, 0.25) is 5.02 Å². The van der Waals surface area contributed by atoms with Crippen LogP contribution in [0.15, 0.2) is 39.0 Å². The molecule has 0 bridgehead atoms. The third kappa shape index (κ3) is 3.53. The second-order valence-corrected chi connectivity index (χ2v) is 8.24. The highest BCUT2D eigenvalue weighted by Crippen LogP contribution is 2.32. The minimum Gasteiger partial charge on any atom is -0.315 e. The number of benzene rings is 1. The van der Waals surface area contributed by atoms with Gasteiger partial charge in [0.05, 0.1) is 15.2 Å². The van der Waals surface area contributed by atoms with E-state index in [1.807, 2.05) is 7.05 Å². The van der Waals surface area contributed by atoms with Crippen LogP contribution in [-0.2, 0) is 16.6 Å². The summed E-state index contributed by atoms with van der Waals surface area (Å²) in [6, 6.07) is 8.40. The first kappa shape index (κ1) is 15.8. The molecule has 0 radical (unpaired) electrons. The van der Waals surface area contributed by atoms with E-state index in [0.29, 0.717) is 21.7 Å². The van der Waals surface area contributed by atoms with Gasteiger partial charge in [0.1, 0.15) is 4.21 Å². The van der Waals surface area contributed by atoms with Gasteiger partial charge in [-0.25, -0.2) is 8.42 Å². The maximum atomic E-state index is 12.3. The van der Waals surface area contributed by atoms with Crippen molar-refractivity contribution >= 4 is 54.6 Å². The van der Waals surface area contributed by atoms with E-state index in [1.54, 1.807) is 30.3 Å². The number of hydrogen-bond donors (Lipinski definition) is 2. The van der Waals surface area contributed by atoms with Gasteiger partial charge < -0.3 is 5.32 Å². The Morgan fingerprint density at radius 2 is 2.05 bits per heavy atom. The van der Waals surface area contributed by atoms with Crippen molar-refractivity contribution in [1.82, 2.24) is 5.32 Å². The van der Waals surface area contributed by atoms with E-state index in [0.717, 1.165) is 4.88 Å². The van der Waals surface area contributed by atoms with Crippen molar-refractivity contribution in [2.45, 2.75) is 10.8 Å². The number of anilines is 1. The molecule has 0 aliphatic rings. The minimum absolute atomic E-state index is 0.273. The van der Waals surface area contributed by atoms with Crippen LogP contribution in [0.3, 0.4) is 0 Å². The standard InChI is InChI=1S/C12H12BrClN2O2S2/c1-15-7-8-5-6-11(19-8)20(17,18)16-10-4-2-3-9(14)12(10)13/h2-6,15-16H,7H2,1H3. The van der Waals surface area contributed by atoms with Gasteiger partial charge in [-0.05, 0) is 47.2 Å². The summed E-state index contributed by atoms with van der Waals surface area (Å²) in [6.45, 7) is 0.640. The van der Waals surface area contributed by atoms with Gasteiger partial charge in [0.15, 0.2) is 0 Å². The second-order valence-electron chi connectivity index (χ2n) is 3.96. The lowest BCUT2D eigenvalue weighted by Crippen LogP contribution is -2.11. The monoisotopic (exact) mass is 394 g/mol. The summed E-state index contributed by atoms with van der Waals surface area (Å²) in [5, 5.41) is 3.44. The lowest BCUT2D eigenvalue weighted by molar-refractivity contribution is 0.603. The van der Waals surface area contributed by atoms with Crippen LogP contribution in [0.1, 0.15) is 4.88 Å². The van der Waals surface area contributed by atoms with Crippen molar-refractivity contribution in [3.05, 3.63) is 44.7 Å². The van der Waals surface area contributed by atoms with Crippen LogP contribution < -0.4 is 10.0 Å². The predicted octanol–water partition coefficient (Wildman–Crippen LogP) is 3.68. The molecule has 2 aromatic rings. The normalized spacial score (nSPS) is 11.6. The van der Waals surface area contributed by atoms with Crippen LogP contribution in [0.4, 0.5) is 5.69 Å². The average Bonchev–Trinajstić information content (AvgIpc) is 2.85. The molecule has 0 atom stereocenters. The van der Waals surface area contributed by atoms with E-state index in [-0.39, 0.29) is 4.21 Å². The molecule has 0 amide bonds. The van der Waals surface area contributed by atoms with E-state index in [4.69, 9.17) is 11.6 Å². The molecule has 0 saturated carbocycles. The summed E-state index contributed by atoms with van der Waals surface area (Å²) in [6.07, 6.45) is 0. The molecular formula is C12H12BrClN2O2S2. The molecule has 4 nitrogen and oxygen atoms in total. The molecule has 0 unspecified atom stereocenters. The number of hydrogen-bond acceptors (Lipinski definition) is 4. The predicted molar refractivity (Wildman–Crippen MR) is 87.0 cm³/mol. The van der Waals surface area contributed by atoms with Crippen LogP contribution >= 0.6 is 38.9 Å². The highest BCUT2D eigenvalue weighted by molar-refractivity contribution is 9.10. The second kappa shape index (κ2) is 6.44. The zero-order valence-electron chi connectivity index (χ0n) is 10.5. The van der Waals surface area contributed by atoms with E-state index < -0.39 is 10.0 Å². The van der Waals surface area contributed by atoms with Crippen molar-refractivity contribution in [1.29, 1.82) is 0 Å². The number of thiophene rings is 1. The molecule has 1 aromatic heterocycles. The Kier molecular flexibility index (Phi) is 5.09. The number of nitrogens with one attached hydrogen (secondary N) is 2. The smallest absolute Gasteiger partial charge is 0.271 e. The first-order valence-electron chi connectivity index (χ1n) is 5.64. The van der Waals surface area contributed by atoms with Gasteiger partial charge in [-0.15, -0.1) is 11.3 Å². The maximum Gasteiger partial charge on any atom is 0.271 e. The Balaban J connectivity index is 2.28. The summed E-state index contributed by atoms with van der Waals surface area (Å²) < 4.78 is 27.9. The molecule has 1 heterocycles. The molecule has 0 spiro atoms. The van der Waals surface area contributed by atoms with Gasteiger partial charge in [-0.2, -0.15) is 0 Å². The first-order chi connectivity index (χ1) is 9.44. The summed E-state index contributed by atoms with van der Waals surface area (Å²) in [7, 11) is -1.78. The third-order valence-corrected chi connectivity index (χ3v) is 6.79. The van der Waals surface area contributed by atoms with Gasteiger partial charge >= 0.3 is 0 Å². The molecule has 0 saturated heterocycles. The summed E-state index contributed by atoms with van der Waals surface area (Å²) >= 11 is 10.4. The van der Waals surface area contributed by atoms with Crippen molar-refractivity contribution < 1.29 is 8.42 Å². The molecule has 2 rings (SSSR count). The first-order valence-corrected chi connectivity index (χ1v) is 9.11. The van der Waals surface area contributed by atoms with Crippen molar-refractivity contribution in [3.63, 3.8) is 0 Å². The molecule has 0 aliphatic heterocycles. The molecule has 8 heteroatoms. The van der Waals surface area contributed by atoms with Crippen LogP contribution in [0.5, 0.6) is 0 Å².